The van der Waals surface area contributed by atoms with E-state index >= 15 is 0 Å². The van der Waals surface area contributed by atoms with Gasteiger partial charge in [-0.15, -0.1) is 0 Å². The maximum atomic E-state index is 12.1. The number of carbonyl (C=O) groups excluding carboxylic acids is 2. The van der Waals surface area contributed by atoms with Crippen molar-refractivity contribution < 1.29 is 28.2 Å². The number of carbonyl (C=O) groups is 2. The van der Waals surface area contributed by atoms with Crippen LogP contribution in [0.5, 0.6) is 0 Å². The summed E-state index contributed by atoms with van der Waals surface area (Å²) in [6.45, 7) is 8.28. The predicted molar refractivity (Wildman–Crippen MR) is 71.1 cm³/mol. The first-order valence-corrected chi connectivity index (χ1v) is 8.43. The lowest BCUT2D eigenvalue weighted by Crippen LogP contribution is -2.23. The molecule has 0 aromatic rings. The number of esters is 2. The van der Waals surface area contributed by atoms with E-state index in [0.717, 1.165) is 0 Å². The van der Waals surface area contributed by atoms with Crippen LogP contribution in [0, 0.1) is 5.92 Å². The Morgan fingerprint density at radius 3 is 1.95 bits per heavy atom. The lowest BCUT2D eigenvalue weighted by Gasteiger charge is -2.20. The van der Waals surface area contributed by atoms with Crippen LogP contribution >= 0.6 is 7.37 Å². The highest BCUT2D eigenvalue weighted by Crippen LogP contribution is 2.43. The summed E-state index contributed by atoms with van der Waals surface area (Å²) in [5.41, 5.74) is 0. The van der Waals surface area contributed by atoms with Crippen molar-refractivity contribution >= 4 is 19.3 Å². The Bertz CT molecular complexity index is 336. The molecule has 0 N–H and O–H groups in total. The molecular weight excluding hydrogens is 271 g/mol. The molecule has 0 aliphatic heterocycles. The van der Waals surface area contributed by atoms with Gasteiger partial charge in [0.25, 0.3) is 0 Å². The summed E-state index contributed by atoms with van der Waals surface area (Å²) in [6, 6.07) is 0. The first kappa shape index (κ1) is 18.1. The van der Waals surface area contributed by atoms with Gasteiger partial charge in [-0.2, -0.15) is 0 Å². The molecule has 19 heavy (non-hydrogen) atoms. The maximum Gasteiger partial charge on any atom is 0.305 e. The van der Waals surface area contributed by atoms with Gasteiger partial charge >= 0.3 is 11.9 Å². The number of hydrogen-bond acceptors (Lipinski definition) is 6. The fourth-order valence-electron chi connectivity index (χ4n) is 1.22. The van der Waals surface area contributed by atoms with Crippen molar-refractivity contribution in [2.24, 2.45) is 5.92 Å². The molecule has 0 saturated carbocycles. The van der Waals surface area contributed by atoms with Gasteiger partial charge in [0.05, 0.1) is 6.61 Å². The molecule has 0 fully saturated rings. The van der Waals surface area contributed by atoms with E-state index in [1.807, 2.05) is 13.8 Å². The Morgan fingerprint density at radius 2 is 1.58 bits per heavy atom. The van der Waals surface area contributed by atoms with Crippen LogP contribution in [-0.4, -0.2) is 37.7 Å². The van der Waals surface area contributed by atoms with Gasteiger partial charge in [0.1, 0.15) is 0 Å². The van der Waals surface area contributed by atoms with Gasteiger partial charge in [0.2, 0.25) is 6.29 Å². The Morgan fingerprint density at radius 1 is 1.11 bits per heavy atom. The molecule has 0 amide bonds. The molecule has 0 rings (SSSR count). The van der Waals surface area contributed by atoms with Gasteiger partial charge in [0, 0.05) is 33.1 Å². The lowest BCUT2D eigenvalue weighted by molar-refractivity contribution is -0.184. The normalized spacial score (nSPS) is 14.3. The van der Waals surface area contributed by atoms with Crippen molar-refractivity contribution in [1.82, 2.24) is 0 Å². The molecule has 0 aliphatic carbocycles. The fraction of sp³-hybridized carbons (Fsp3) is 0.833. The molecule has 112 valence electrons. The molecule has 0 spiro atoms. The van der Waals surface area contributed by atoms with E-state index in [4.69, 9.17) is 14.0 Å². The maximum absolute atomic E-state index is 12.1. The molecule has 0 bridgehead atoms. The van der Waals surface area contributed by atoms with Gasteiger partial charge in [-0.1, -0.05) is 13.8 Å². The van der Waals surface area contributed by atoms with Crippen LogP contribution in [0.1, 0.15) is 34.1 Å². The van der Waals surface area contributed by atoms with Gasteiger partial charge in [-0.3, -0.25) is 14.2 Å². The largest absolute Gasteiger partial charge is 0.425 e. The van der Waals surface area contributed by atoms with Crippen LogP contribution < -0.4 is 0 Å². The molecule has 1 unspecified atom stereocenters. The summed E-state index contributed by atoms with van der Waals surface area (Å²) >= 11 is 0. The van der Waals surface area contributed by atoms with Gasteiger partial charge in [-0.05, 0) is 5.92 Å². The predicted octanol–water partition coefficient (Wildman–Crippen LogP) is 2.41. The Balaban J connectivity index is 4.31. The van der Waals surface area contributed by atoms with Crippen molar-refractivity contribution in [1.29, 1.82) is 0 Å². The highest BCUT2D eigenvalue weighted by Gasteiger charge is 2.22. The third-order valence-electron chi connectivity index (χ3n) is 2.05. The van der Waals surface area contributed by atoms with Crippen LogP contribution in [0.3, 0.4) is 0 Å². The molecule has 0 heterocycles. The number of ether oxygens (including phenoxy) is 2. The minimum atomic E-state index is -2.77. The van der Waals surface area contributed by atoms with Crippen molar-refractivity contribution in [3.63, 3.8) is 0 Å². The van der Waals surface area contributed by atoms with Crippen LogP contribution in [0.2, 0.25) is 0 Å². The van der Waals surface area contributed by atoms with Crippen molar-refractivity contribution in [3.05, 3.63) is 0 Å². The standard InChI is InChI=1S/C12H23O6P/c1-9(2)8-16-19(5,15)7-6-12(17-10(3)13)18-11(4)14/h9,12H,6-8H2,1-5H3. The second-order valence-corrected chi connectivity index (χ2v) is 7.60. The average molecular weight is 294 g/mol. The molecular formula is C12H23O6P. The quantitative estimate of drug-likeness (QED) is 0.388. The van der Waals surface area contributed by atoms with Gasteiger partial charge < -0.3 is 14.0 Å². The zero-order chi connectivity index (χ0) is 15.1. The van der Waals surface area contributed by atoms with E-state index in [1.54, 1.807) is 0 Å². The Hall–Kier alpha value is -0.870. The molecule has 0 radical (unpaired) electrons. The van der Waals surface area contributed by atoms with Crippen molar-refractivity contribution in [2.45, 2.75) is 40.4 Å². The highest BCUT2D eigenvalue weighted by molar-refractivity contribution is 7.58. The summed E-state index contributed by atoms with van der Waals surface area (Å²) in [6.07, 6.45) is -0.665. The Kier molecular flexibility index (Phi) is 7.95. The van der Waals surface area contributed by atoms with E-state index in [9.17, 15) is 14.2 Å². The molecule has 0 aromatic heterocycles. The molecule has 7 heteroatoms. The average Bonchev–Trinajstić information content (AvgIpc) is 2.22. The van der Waals surface area contributed by atoms with E-state index in [2.05, 4.69) is 0 Å². The van der Waals surface area contributed by atoms with Crippen LogP contribution in [0.25, 0.3) is 0 Å². The first-order chi connectivity index (χ1) is 8.62. The zero-order valence-electron chi connectivity index (χ0n) is 12.2. The summed E-state index contributed by atoms with van der Waals surface area (Å²) in [7, 11) is -2.77. The summed E-state index contributed by atoms with van der Waals surface area (Å²) in [5, 5.41) is 0. The molecule has 0 saturated heterocycles. The smallest absolute Gasteiger partial charge is 0.305 e. The summed E-state index contributed by atoms with van der Waals surface area (Å²) in [4.78, 5) is 21.7. The minimum Gasteiger partial charge on any atom is -0.425 e. The SMILES string of the molecule is CC(=O)OC(CCP(C)(=O)OCC(C)C)OC(C)=O. The fourth-order valence-corrected chi connectivity index (χ4v) is 2.65. The molecule has 0 aliphatic rings. The van der Waals surface area contributed by atoms with Crippen LogP contribution in [0.15, 0.2) is 0 Å². The summed E-state index contributed by atoms with van der Waals surface area (Å²) < 4.78 is 27.1. The second kappa shape index (κ2) is 8.33. The third-order valence-corrected chi connectivity index (χ3v) is 3.81. The van der Waals surface area contributed by atoms with E-state index < -0.39 is 25.6 Å². The van der Waals surface area contributed by atoms with E-state index in [1.165, 1.54) is 20.5 Å². The van der Waals surface area contributed by atoms with Crippen LogP contribution in [0.4, 0.5) is 0 Å². The third kappa shape index (κ3) is 10.7. The Labute approximate surface area is 114 Å². The number of rotatable bonds is 8. The van der Waals surface area contributed by atoms with Gasteiger partial charge in [-0.25, -0.2) is 0 Å². The molecule has 6 nitrogen and oxygen atoms in total. The summed E-state index contributed by atoms with van der Waals surface area (Å²) in [5.74, 6) is -0.827. The molecule has 0 aromatic carbocycles. The van der Waals surface area contributed by atoms with Gasteiger partial charge in [0.15, 0.2) is 7.37 Å². The van der Waals surface area contributed by atoms with Crippen molar-refractivity contribution in [3.8, 4) is 0 Å². The monoisotopic (exact) mass is 294 g/mol. The number of hydrogen-bond donors (Lipinski definition) is 0. The van der Waals surface area contributed by atoms with E-state index in [0.29, 0.717) is 6.61 Å². The van der Waals surface area contributed by atoms with Crippen LogP contribution in [-0.2, 0) is 28.2 Å². The van der Waals surface area contributed by atoms with Crippen molar-refractivity contribution in [2.75, 3.05) is 19.4 Å². The lowest BCUT2D eigenvalue weighted by atomic mass is 10.2. The zero-order valence-corrected chi connectivity index (χ0v) is 13.1. The highest BCUT2D eigenvalue weighted by atomic mass is 31.2. The van der Waals surface area contributed by atoms with E-state index in [-0.39, 0.29) is 18.5 Å². The second-order valence-electron chi connectivity index (χ2n) is 4.86. The minimum absolute atomic E-state index is 0.158. The first-order valence-electron chi connectivity index (χ1n) is 6.18. The molecule has 1 atom stereocenters. The topological polar surface area (TPSA) is 78.9 Å².